The average Bonchev–Trinajstić information content (AvgIpc) is 3.65. The van der Waals surface area contributed by atoms with Crippen molar-refractivity contribution in [2.24, 2.45) is 0 Å². The molecule has 2 aromatic heterocycles. The minimum absolute atomic E-state index is 0.0611. The van der Waals surface area contributed by atoms with Crippen LogP contribution in [-0.2, 0) is 4.43 Å². The van der Waals surface area contributed by atoms with E-state index in [1.807, 2.05) is 36.5 Å². The Labute approximate surface area is 209 Å². The van der Waals surface area contributed by atoms with Crippen LogP contribution in [0.1, 0.15) is 33.6 Å². The third kappa shape index (κ3) is 4.79. The third-order valence-corrected chi connectivity index (χ3v) is 11.8. The molecule has 0 atom stereocenters. The first-order valence-electron chi connectivity index (χ1n) is 12.2. The van der Waals surface area contributed by atoms with Crippen molar-refractivity contribution in [3.05, 3.63) is 103 Å². The van der Waals surface area contributed by atoms with Crippen LogP contribution in [0.4, 0.5) is 0 Å². The van der Waals surface area contributed by atoms with Crippen molar-refractivity contribution in [3.8, 4) is 17.1 Å². The molecule has 0 amide bonds. The highest BCUT2D eigenvalue weighted by Crippen LogP contribution is 2.43. The van der Waals surface area contributed by atoms with Gasteiger partial charge in [-0.2, -0.15) is 0 Å². The molecule has 0 saturated heterocycles. The molecular formula is C30H32N2O2Si. The van der Waals surface area contributed by atoms with Crippen molar-refractivity contribution in [2.75, 3.05) is 6.61 Å². The van der Waals surface area contributed by atoms with E-state index >= 15 is 0 Å². The molecule has 2 heterocycles. The molecule has 35 heavy (non-hydrogen) atoms. The summed E-state index contributed by atoms with van der Waals surface area (Å²) in [6.07, 6.45) is 5.56. The van der Waals surface area contributed by atoms with Crippen LogP contribution >= 0.6 is 0 Å². The molecular weight excluding hydrogens is 448 g/mol. The molecule has 4 aromatic rings. The highest BCUT2D eigenvalue weighted by atomic mass is 28.4. The van der Waals surface area contributed by atoms with E-state index in [9.17, 15) is 0 Å². The van der Waals surface area contributed by atoms with Crippen molar-refractivity contribution < 1.29 is 9.16 Å². The average molecular weight is 481 g/mol. The topological polar surface area (TPSA) is 44.2 Å². The first-order valence-corrected chi connectivity index (χ1v) is 14.1. The Kier molecular flexibility index (Phi) is 6.30. The lowest BCUT2D eigenvalue weighted by molar-refractivity contribution is 0.0981. The van der Waals surface area contributed by atoms with E-state index in [2.05, 4.69) is 91.4 Å². The summed E-state index contributed by atoms with van der Waals surface area (Å²) >= 11 is 0. The number of nitrogens with zero attached hydrogens (tertiary/aromatic N) is 2. The number of benzene rings is 2. The molecule has 178 valence electrons. The highest BCUT2D eigenvalue weighted by Gasteiger charge is 2.54. The molecule has 1 fully saturated rings. The Morgan fingerprint density at radius 3 is 1.89 bits per heavy atom. The molecule has 1 saturated carbocycles. The summed E-state index contributed by atoms with van der Waals surface area (Å²) in [5.74, 6) is 0.633. The largest absolute Gasteiger partial charge is 0.469 e. The Hall–Kier alpha value is -3.28. The zero-order valence-electron chi connectivity index (χ0n) is 20.6. The van der Waals surface area contributed by atoms with Crippen LogP contribution < -0.4 is 15.1 Å². The van der Waals surface area contributed by atoms with E-state index < -0.39 is 8.32 Å². The van der Waals surface area contributed by atoms with Crippen molar-refractivity contribution in [3.63, 3.8) is 0 Å². The van der Waals surface area contributed by atoms with Gasteiger partial charge in [-0.05, 0) is 46.5 Å². The molecule has 2 aromatic carbocycles. The summed E-state index contributed by atoms with van der Waals surface area (Å²) in [5, 5.41) is 2.51. The van der Waals surface area contributed by atoms with E-state index in [0.29, 0.717) is 12.5 Å². The number of ether oxygens (including phenoxy) is 1. The molecule has 0 bridgehead atoms. The lowest BCUT2D eigenvalue weighted by Crippen LogP contribution is -2.67. The quantitative estimate of drug-likeness (QED) is 0.307. The molecule has 5 heteroatoms. The summed E-state index contributed by atoms with van der Waals surface area (Å²) in [7, 11) is -2.60. The van der Waals surface area contributed by atoms with Gasteiger partial charge in [0.25, 0.3) is 8.32 Å². The van der Waals surface area contributed by atoms with Crippen LogP contribution in [0.25, 0.3) is 11.3 Å². The first-order chi connectivity index (χ1) is 16.9. The maximum absolute atomic E-state index is 7.13. The normalized spacial score (nSPS) is 14.9. The molecule has 0 N–H and O–H groups in total. The minimum Gasteiger partial charge on any atom is -0.469 e. The van der Waals surface area contributed by atoms with Crippen molar-refractivity contribution in [2.45, 2.75) is 44.3 Å². The van der Waals surface area contributed by atoms with Crippen LogP contribution in [0.5, 0.6) is 5.88 Å². The number of aromatic nitrogens is 2. The summed E-state index contributed by atoms with van der Waals surface area (Å²) in [4.78, 5) is 8.99. The molecule has 5 rings (SSSR count). The lowest BCUT2D eigenvalue weighted by atomic mass is 10.2. The first kappa shape index (κ1) is 23.5. The number of hydrogen-bond donors (Lipinski definition) is 0. The smallest absolute Gasteiger partial charge is 0.261 e. The van der Waals surface area contributed by atoms with E-state index in [4.69, 9.17) is 9.16 Å². The van der Waals surface area contributed by atoms with Crippen LogP contribution in [0.15, 0.2) is 103 Å². The predicted octanol–water partition coefficient (Wildman–Crippen LogP) is 5.63. The van der Waals surface area contributed by atoms with Gasteiger partial charge in [0.2, 0.25) is 5.88 Å². The van der Waals surface area contributed by atoms with Crippen LogP contribution in [-0.4, -0.2) is 30.5 Å². The second-order valence-corrected chi connectivity index (χ2v) is 14.6. The van der Waals surface area contributed by atoms with E-state index in [1.54, 1.807) is 6.20 Å². The minimum atomic E-state index is -2.60. The Morgan fingerprint density at radius 2 is 1.40 bits per heavy atom. The molecule has 0 spiro atoms. The van der Waals surface area contributed by atoms with E-state index in [1.165, 1.54) is 10.4 Å². The lowest BCUT2D eigenvalue weighted by Gasteiger charge is -2.43. The molecule has 1 aliphatic rings. The Bertz CT molecular complexity index is 1200. The highest BCUT2D eigenvalue weighted by molar-refractivity contribution is 6.99. The maximum Gasteiger partial charge on any atom is 0.261 e. The zero-order chi connectivity index (χ0) is 24.4. The van der Waals surface area contributed by atoms with Crippen LogP contribution in [0.2, 0.25) is 5.04 Å². The van der Waals surface area contributed by atoms with Crippen molar-refractivity contribution >= 4 is 18.7 Å². The van der Waals surface area contributed by atoms with Crippen LogP contribution in [0.3, 0.4) is 0 Å². The Balaban J connectivity index is 1.40. The van der Waals surface area contributed by atoms with Crippen LogP contribution in [0, 0.1) is 0 Å². The molecule has 0 aliphatic heterocycles. The fourth-order valence-electron chi connectivity index (χ4n) is 4.76. The van der Waals surface area contributed by atoms with Gasteiger partial charge in [0, 0.05) is 24.0 Å². The fourth-order valence-corrected chi connectivity index (χ4v) is 9.40. The monoisotopic (exact) mass is 480 g/mol. The van der Waals surface area contributed by atoms with E-state index in [-0.39, 0.29) is 10.6 Å². The van der Waals surface area contributed by atoms with Gasteiger partial charge in [-0.25, -0.2) is 4.98 Å². The molecule has 4 nitrogen and oxygen atoms in total. The summed E-state index contributed by atoms with van der Waals surface area (Å²) in [5.41, 5.74) is 1.56. The van der Waals surface area contributed by atoms with Gasteiger partial charge in [-0.1, -0.05) is 87.5 Å². The SMILES string of the molecule is CC(C)(C)[Si](OCC1(Oc2ccc(-c3ccccn3)cn2)CC1)(c1ccccc1)c1ccccc1. The number of pyridine rings is 2. The molecule has 0 unspecified atom stereocenters. The van der Waals surface area contributed by atoms with E-state index in [0.717, 1.165) is 24.1 Å². The third-order valence-electron chi connectivity index (χ3n) is 6.79. The van der Waals surface area contributed by atoms with Gasteiger partial charge >= 0.3 is 0 Å². The van der Waals surface area contributed by atoms with Crippen molar-refractivity contribution in [1.82, 2.24) is 9.97 Å². The Morgan fingerprint density at radius 1 is 0.771 bits per heavy atom. The molecule has 0 radical (unpaired) electrons. The van der Waals surface area contributed by atoms with Gasteiger partial charge in [0.05, 0.1) is 12.3 Å². The second-order valence-electron chi connectivity index (χ2n) is 10.3. The van der Waals surface area contributed by atoms with Gasteiger partial charge in [0.15, 0.2) is 0 Å². The van der Waals surface area contributed by atoms with Gasteiger partial charge < -0.3 is 9.16 Å². The standard InChI is InChI=1S/C30H32N2O2Si/c1-29(2,3)35(25-12-6-4-7-13-25,26-14-8-5-9-15-26)33-23-30(19-20-30)34-28-18-17-24(22-32-28)27-16-10-11-21-31-27/h4-18,21-22H,19-20,23H2,1-3H3. The fraction of sp³-hybridized carbons (Fsp3) is 0.267. The predicted molar refractivity (Wildman–Crippen MR) is 144 cm³/mol. The molecule has 1 aliphatic carbocycles. The summed E-state index contributed by atoms with van der Waals surface area (Å²) in [6.45, 7) is 7.45. The van der Waals surface area contributed by atoms with Gasteiger partial charge in [-0.15, -0.1) is 0 Å². The summed E-state index contributed by atoms with van der Waals surface area (Å²) in [6, 6.07) is 31.3. The number of hydrogen-bond acceptors (Lipinski definition) is 4. The van der Waals surface area contributed by atoms with Gasteiger partial charge in [-0.3, -0.25) is 4.98 Å². The maximum atomic E-state index is 7.13. The summed E-state index contributed by atoms with van der Waals surface area (Å²) < 4.78 is 13.6. The second kappa shape index (κ2) is 9.40. The zero-order valence-corrected chi connectivity index (χ0v) is 21.6. The van der Waals surface area contributed by atoms with Crippen molar-refractivity contribution in [1.29, 1.82) is 0 Å². The number of rotatable bonds is 8. The van der Waals surface area contributed by atoms with Gasteiger partial charge in [0.1, 0.15) is 5.60 Å².